The summed E-state index contributed by atoms with van der Waals surface area (Å²) in [6.07, 6.45) is 15.8. The first-order valence-electron chi connectivity index (χ1n) is 7.49. The molecule has 0 aliphatic heterocycles. The molecule has 0 unspecified atom stereocenters. The maximum atomic E-state index is 10.3. The van der Waals surface area contributed by atoms with Gasteiger partial charge < -0.3 is 5.11 Å². The summed E-state index contributed by atoms with van der Waals surface area (Å²) in [6, 6.07) is 0. The first-order valence-corrected chi connectivity index (χ1v) is 7.49. The molecule has 1 N–H and O–H groups in total. The average Bonchev–Trinajstić information content (AvgIpc) is 2.30. The van der Waals surface area contributed by atoms with Gasteiger partial charge >= 0.3 is 5.97 Å². The van der Waals surface area contributed by atoms with Crippen molar-refractivity contribution in [2.75, 3.05) is 0 Å². The Labute approximate surface area is 123 Å². The number of hydrogen-bond acceptors (Lipinski definition) is 1. The maximum absolute atomic E-state index is 10.3. The zero-order valence-corrected chi connectivity index (χ0v) is 12.8. The smallest absolute Gasteiger partial charge is 0.303 e. The van der Waals surface area contributed by atoms with Crippen molar-refractivity contribution in [2.45, 2.75) is 90.4 Å². The largest absolute Gasteiger partial charge is 0.481 e. The normalized spacial score (nSPS) is 10.1. The van der Waals surface area contributed by atoms with E-state index >= 15 is 0 Å². The van der Waals surface area contributed by atoms with Crippen LogP contribution in [-0.4, -0.2) is 11.1 Å². The Bertz CT molecular complexity index is 172. The minimum atomic E-state index is -0.655. The van der Waals surface area contributed by atoms with Gasteiger partial charge in [-0.05, 0) is 6.42 Å². The van der Waals surface area contributed by atoms with Crippen LogP contribution >= 0.6 is 0 Å². The second kappa shape index (κ2) is 17.0. The van der Waals surface area contributed by atoms with E-state index in [2.05, 4.69) is 6.92 Å². The van der Waals surface area contributed by atoms with Crippen LogP contribution in [0.2, 0.25) is 0 Å². The number of hydrogen-bond donors (Lipinski definition) is 1. The van der Waals surface area contributed by atoms with Crippen molar-refractivity contribution < 1.29 is 27.0 Å². The fourth-order valence-corrected chi connectivity index (χ4v) is 2.12. The van der Waals surface area contributed by atoms with Gasteiger partial charge in [-0.2, -0.15) is 0 Å². The summed E-state index contributed by atoms with van der Waals surface area (Å²) < 4.78 is 0. The van der Waals surface area contributed by atoms with E-state index in [4.69, 9.17) is 5.11 Å². The Morgan fingerprint density at radius 3 is 1.39 bits per heavy atom. The molecule has 0 heterocycles. The molecule has 1 radical (unpaired) electrons. The molecule has 0 aromatic carbocycles. The summed E-state index contributed by atoms with van der Waals surface area (Å²) in [7, 11) is 0. The first kappa shape index (κ1) is 20.3. The molecule has 0 atom stereocenters. The van der Waals surface area contributed by atoms with Crippen LogP contribution in [0.5, 0.6) is 0 Å². The van der Waals surface area contributed by atoms with Gasteiger partial charge in [0.15, 0.2) is 0 Å². The quantitative estimate of drug-likeness (QED) is 0.377. The predicted molar refractivity (Wildman–Crippen MR) is 73.3 cm³/mol. The third kappa shape index (κ3) is 18.4. The van der Waals surface area contributed by atoms with Crippen molar-refractivity contribution in [1.82, 2.24) is 0 Å². The molecule has 0 amide bonds. The predicted octanol–water partition coefficient (Wildman–Crippen LogP) is 5.16. The summed E-state index contributed by atoms with van der Waals surface area (Å²) >= 11 is 0. The molecule has 18 heavy (non-hydrogen) atoms. The fraction of sp³-hybridized carbons (Fsp3) is 0.933. The Morgan fingerprint density at radius 1 is 0.722 bits per heavy atom. The molecule has 0 aliphatic carbocycles. The van der Waals surface area contributed by atoms with Crippen LogP contribution in [0.15, 0.2) is 0 Å². The first-order chi connectivity index (χ1) is 8.27. The van der Waals surface area contributed by atoms with Crippen LogP contribution in [-0.2, 0) is 21.9 Å². The molecule has 0 rings (SSSR count). The number of carbonyl (C=O) groups is 1. The molecule has 2 nitrogen and oxygen atoms in total. The van der Waals surface area contributed by atoms with Crippen molar-refractivity contribution in [3.8, 4) is 0 Å². The monoisotopic (exact) mass is 305 g/mol. The fourth-order valence-electron chi connectivity index (χ4n) is 2.12. The molecular formula is C15H30CuO2. The molecule has 113 valence electrons. The molecule has 0 aliphatic rings. The van der Waals surface area contributed by atoms with Gasteiger partial charge in [-0.3, -0.25) is 4.79 Å². The van der Waals surface area contributed by atoms with E-state index < -0.39 is 5.97 Å². The summed E-state index contributed by atoms with van der Waals surface area (Å²) in [5.41, 5.74) is 0. The van der Waals surface area contributed by atoms with Crippen LogP contribution in [0.1, 0.15) is 90.4 Å². The Morgan fingerprint density at radius 2 is 1.06 bits per heavy atom. The van der Waals surface area contributed by atoms with Crippen LogP contribution in [0, 0.1) is 0 Å². The zero-order valence-electron chi connectivity index (χ0n) is 11.8. The van der Waals surface area contributed by atoms with Gasteiger partial charge in [0.05, 0.1) is 0 Å². The second-order valence-electron chi connectivity index (χ2n) is 5.03. The molecule has 0 saturated heterocycles. The van der Waals surface area contributed by atoms with E-state index in [-0.39, 0.29) is 17.1 Å². The molecule has 0 bridgehead atoms. The van der Waals surface area contributed by atoms with E-state index in [1.54, 1.807) is 0 Å². The standard InChI is InChI=1S/C15H30O2.Cu/c1-2-3-4-5-6-7-8-9-10-11-12-13-14-15(16)17;/h2-14H2,1H3,(H,16,17);. The van der Waals surface area contributed by atoms with Gasteiger partial charge in [0, 0.05) is 23.5 Å². The van der Waals surface area contributed by atoms with Crippen LogP contribution < -0.4 is 0 Å². The van der Waals surface area contributed by atoms with Crippen molar-refractivity contribution >= 4 is 5.97 Å². The molecule has 0 saturated carbocycles. The number of aliphatic carboxylic acids is 1. The molecule has 0 aromatic heterocycles. The van der Waals surface area contributed by atoms with Crippen molar-refractivity contribution in [3.05, 3.63) is 0 Å². The van der Waals surface area contributed by atoms with Gasteiger partial charge in [0.1, 0.15) is 0 Å². The van der Waals surface area contributed by atoms with Crippen molar-refractivity contribution in [2.24, 2.45) is 0 Å². The van der Waals surface area contributed by atoms with E-state index in [0.29, 0.717) is 6.42 Å². The number of carboxylic acid groups (broad SMARTS) is 1. The summed E-state index contributed by atoms with van der Waals surface area (Å²) in [5.74, 6) is -0.655. The molecule has 0 spiro atoms. The maximum Gasteiger partial charge on any atom is 0.303 e. The Hall–Kier alpha value is -0.0105. The minimum absolute atomic E-state index is 0. The zero-order chi connectivity index (χ0) is 12.8. The van der Waals surface area contributed by atoms with Gasteiger partial charge in [0.25, 0.3) is 0 Å². The topological polar surface area (TPSA) is 37.3 Å². The van der Waals surface area contributed by atoms with Crippen LogP contribution in [0.25, 0.3) is 0 Å². The van der Waals surface area contributed by atoms with E-state index in [1.165, 1.54) is 64.2 Å². The number of rotatable bonds is 13. The third-order valence-corrected chi connectivity index (χ3v) is 3.24. The summed E-state index contributed by atoms with van der Waals surface area (Å²) in [4.78, 5) is 10.3. The van der Waals surface area contributed by atoms with Crippen LogP contribution in [0.3, 0.4) is 0 Å². The number of carboxylic acids is 1. The number of unbranched alkanes of at least 4 members (excludes halogenated alkanes) is 11. The Kier molecular flexibility index (Phi) is 19.2. The van der Waals surface area contributed by atoms with Crippen LogP contribution in [0.4, 0.5) is 0 Å². The van der Waals surface area contributed by atoms with E-state index in [9.17, 15) is 4.79 Å². The molecule has 3 heteroatoms. The average molecular weight is 306 g/mol. The summed E-state index contributed by atoms with van der Waals surface area (Å²) in [6.45, 7) is 2.25. The van der Waals surface area contributed by atoms with Gasteiger partial charge in [-0.25, -0.2) is 0 Å². The molecule has 0 aromatic rings. The molecular weight excluding hydrogens is 276 g/mol. The van der Waals surface area contributed by atoms with E-state index in [1.807, 2.05) is 0 Å². The van der Waals surface area contributed by atoms with Crippen molar-refractivity contribution in [1.29, 1.82) is 0 Å². The Balaban J connectivity index is 0. The molecule has 0 fully saturated rings. The van der Waals surface area contributed by atoms with Gasteiger partial charge in [0.2, 0.25) is 0 Å². The van der Waals surface area contributed by atoms with E-state index in [0.717, 1.165) is 12.8 Å². The summed E-state index contributed by atoms with van der Waals surface area (Å²) in [5, 5.41) is 8.47. The van der Waals surface area contributed by atoms with Gasteiger partial charge in [-0.15, -0.1) is 0 Å². The SMILES string of the molecule is CCCCCCCCCCCCCCC(=O)O.[Cu]. The van der Waals surface area contributed by atoms with Gasteiger partial charge in [-0.1, -0.05) is 77.6 Å². The van der Waals surface area contributed by atoms with Crippen molar-refractivity contribution in [3.63, 3.8) is 0 Å². The third-order valence-electron chi connectivity index (χ3n) is 3.24. The minimum Gasteiger partial charge on any atom is -0.481 e. The second-order valence-corrected chi connectivity index (χ2v) is 5.03.